The van der Waals surface area contributed by atoms with Crippen molar-refractivity contribution in [3.05, 3.63) is 42.2 Å². The van der Waals surface area contributed by atoms with E-state index in [4.69, 9.17) is 1.37 Å². The highest BCUT2D eigenvalue weighted by atomic mass is 14.9. The van der Waals surface area contributed by atoms with Gasteiger partial charge in [-0.05, 0) is 6.92 Å². The lowest BCUT2D eigenvalue weighted by Gasteiger charge is -1.96. The summed E-state index contributed by atoms with van der Waals surface area (Å²) in [5, 5.41) is 0. The zero-order valence-electron chi connectivity index (χ0n) is 7.83. The van der Waals surface area contributed by atoms with Gasteiger partial charge in [0.15, 0.2) is 0 Å². The molecule has 2 nitrogen and oxygen atoms in total. The Hall–Kier alpha value is -1.57. The topological polar surface area (TPSA) is 28.7 Å². The van der Waals surface area contributed by atoms with Crippen molar-refractivity contribution < 1.29 is 1.37 Å². The van der Waals surface area contributed by atoms with E-state index in [-0.39, 0.29) is 6.17 Å². The van der Waals surface area contributed by atoms with Crippen molar-refractivity contribution in [2.24, 2.45) is 0 Å². The molecule has 1 aromatic heterocycles. The monoisotopic (exact) mass is 159 g/mol. The molecule has 0 saturated carbocycles. The Kier molecular flexibility index (Phi) is 1.41. The zero-order valence-corrected chi connectivity index (χ0v) is 6.83. The van der Waals surface area contributed by atoms with Gasteiger partial charge < -0.3 is 4.98 Å². The summed E-state index contributed by atoms with van der Waals surface area (Å²) in [6.45, 7) is 2.04. The molecule has 0 fully saturated rings. The first-order chi connectivity index (χ1) is 6.25. The second-order valence-electron chi connectivity index (χ2n) is 2.74. The van der Waals surface area contributed by atoms with E-state index in [1.165, 1.54) is 5.56 Å². The highest BCUT2D eigenvalue weighted by Crippen LogP contribution is 2.14. The van der Waals surface area contributed by atoms with Gasteiger partial charge in [0, 0.05) is 17.9 Å². The van der Waals surface area contributed by atoms with Crippen molar-refractivity contribution >= 4 is 0 Å². The maximum absolute atomic E-state index is 7.27. The van der Waals surface area contributed by atoms with Gasteiger partial charge in [0.2, 0.25) is 0 Å². The van der Waals surface area contributed by atoms with E-state index >= 15 is 0 Å². The van der Waals surface area contributed by atoms with Gasteiger partial charge in [-0.1, -0.05) is 29.8 Å². The van der Waals surface area contributed by atoms with Gasteiger partial charge >= 0.3 is 0 Å². The van der Waals surface area contributed by atoms with E-state index in [9.17, 15) is 0 Å². The second-order valence-corrected chi connectivity index (χ2v) is 2.74. The molecule has 1 N–H and O–H groups in total. The number of aromatic nitrogens is 2. The first kappa shape index (κ1) is 6.00. The van der Waals surface area contributed by atoms with Crippen molar-refractivity contribution in [3.8, 4) is 11.4 Å². The van der Waals surface area contributed by atoms with Crippen molar-refractivity contribution in [2.45, 2.75) is 6.92 Å². The van der Waals surface area contributed by atoms with Crippen LogP contribution < -0.4 is 0 Å². The fourth-order valence-electron chi connectivity index (χ4n) is 1.09. The minimum atomic E-state index is 0.274. The van der Waals surface area contributed by atoms with Crippen LogP contribution in [-0.2, 0) is 0 Å². The SMILES string of the molecule is [2H]c1c[nH]c(-c2ccc(C)cc2)n1. The van der Waals surface area contributed by atoms with Crippen LogP contribution in [0.5, 0.6) is 0 Å². The fourth-order valence-corrected chi connectivity index (χ4v) is 1.09. The predicted molar refractivity (Wildman–Crippen MR) is 48.8 cm³/mol. The van der Waals surface area contributed by atoms with E-state index in [1.54, 1.807) is 6.20 Å². The molecule has 60 valence electrons. The molecule has 0 saturated heterocycles. The second kappa shape index (κ2) is 2.81. The lowest BCUT2D eigenvalue weighted by molar-refractivity contribution is 1.30. The van der Waals surface area contributed by atoms with Crippen LogP contribution in [0.4, 0.5) is 0 Å². The number of aryl methyl sites for hydroxylation is 1. The van der Waals surface area contributed by atoms with Crippen molar-refractivity contribution in [2.75, 3.05) is 0 Å². The first-order valence-electron chi connectivity index (χ1n) is 4.35. The Bertz CT molecular complexity index is 403. The standard InChI is InChI=1S/C10H10N2/c1-8-2-4-9(5-3-8)10-11-6-7-12-10/h2-7H,1H3,(H,11,12)/i6D. The maximum Gasteiger partial charge on any atom is 0.137 e. The molecule has 12 heavy (non-hydrogen) atoms. The highest BCUT2D eigenvalue weighted by Gasteiger charge is 1.96. The molecule has 0 aliphatic heterocycles. The molecule has 0 unspecified atom stereocenters. The lowest BCUT2D eigenvalue weighted by Crippen LogP contribution is -1.79. The van der Waals surface area contributed by atoms with E-state index in [1.807, 2.05) is 31.2 Å². The van der Waals surface area contributed by atoms with Crippen molar-refractivity contribution in [3.63, 3.8) is 0 Å². The molecule has 0 aliphatic carbocycles. The van der Waals surface area contributed by atoms with E-state index in [0.717, 1.165) is 11.4 Å². The van der Waals surface area contributed by atoms with Crippen LogP contribution in [0.3, 0.4) is 0 Å². The van der Waals surface area contributed by atoms with Crippen LogP contribution >= 0.6 is 0 Å². The van der Waals surface area contributed by atoms with Gasteiger partial charge in [-0.2, -0.15) is 0 Å². The van der Waals surface area contributed by atoms with Gasteiger partial charge in [-0.3, -0.25) is 0 Å². The summed E-state index contributed by atoms with van der Waals surface area (Å²) in [7, 11) is 0. The number of benzene rings is 1. The van der Waals surface area contributed by atoms with Crippen LogP contribution in [0.25, 0.3) is 11.4 Å². The number of hydrogen-bond acceptors (Lipinski definition) is 1. The lowest BCUT2D eigenvalue weighted by atomic mass is 10.1. The Morgan fingerprint density at radius 3 is 2.67 bits per heavy atom. The summed E-state index contributed by atoms with van der Waals surface area (Å²) in [6, 6.07) is 8.05. The fraction of sp³-hybridized carbons (Fsp3) is 0.100. The van der Waals surface area contributed by atoms with Gasteiger partial charge in [0.25, 0.3) is 0 Å². The minimum Gasteiger partial charge on any atom is -0.345 e. The molecule has 0 radical (unpaired) electrons. The first-order valence-corrected chi connectivity index (χ1v) is 3.85. The van der Waals surface area contributed by atoms with Gasteiger partial charge in [-0.15, -0.1) is 0 Å². The van der Waals surface area contributed by atoms with Crippen molar-refractivity contribution in [1.82, 2.24) is 9.97 Å². The van der Waals surface area contributed by atoms with Crippen LogP contribution in [-0.4, -0.2) is 9.97 Å². The molecule has 0 bridgehead atoms. The number of imidazole rings is 1. The summed E-state index contributed by atoms with van der Waals surface area (Å²) >= 11 is 0. The molecule has 2 aromatic rings. The van der Waals surface area contributed by atoms with Crippen LogP contribution in [0.1, 0.15) is 6.93 Å². The summed E-state index contributed by atoms with van der Waals surface area (Å²) in [5.74, 6) is 0.755. The van der Waals surface area contributed by atoms with Gasteiger partial charge in [0.05, 0.1) is 1.37 Å². The Morgan fingerprint density at radius 1 is 1.33 bits per heavy atom. The van der Waals surface area contributed by atoms with Crippen molar-refractivity contribution in [1.29, 1.82) is 0 Å². The number of H-pyrrole nitrogens is 1. The Morgan fingerprint density at radius 2 is 2.08 bits per heavy atom. The maximum atomic E-state index is 7.27. The average molecular weight is 159 g/mol. The molecule has 0 spiro atoms. The number of aromatic amines is 1. The molecule has 0 amide bonds. The average Bonchev–Trinajstić information content (AvgIpc) is 2.53. The minimum absolute atomic E-state index is 0.274. The number of nitrogens with zero attached hydrogens (tertiary/aromatic N) is 1. The quantitative estimate of drug-likeness (QED) is 0.680. The molecule has 1 heterocycles. The summed E-state index contributed by atoms with van der Waals surface area (Å²) < 4.78 is 7.27. The Balaban J connectivity index is 2.41. The van der Waals surface area contributed by atoms with E-state index in [0.29, 0.717) is 0 Å². The normalized spacial score (nSPS) is 11.2. The molecular weight excluding hydrogens is 148 g/mol. The predicted octanol–water partition coefficient (Wildman–Crippen LogP) is 2.39. The highest BCUT2D eigenvalue weighted by molar-refractivity contribution is 5.54. The molecule has 0 atom stereocenters. The smallest absolute Gasteiger partial charge is 0.137 e. The van der Waals surface area contributed by atoms with Crippen LogP contribution in [0.15, 0.2) is 36.6 Å². The summed E-state index contributed by atoms with van der Waals surface area (Å²) in [6.07, 6.45) is 1.85. The Labute approximate surface area is 72.7 Å². The van der Waals surface area contributed by atoms with Gasteiger partial charge in [0.1, 0.15) is 5.82 Å². The zero-order chi connectivity index (χ0) is 9.26. The molecule has 1 aromatic carbocycles. The molecular formula is C10H10N2. The number of nitrogens with one attached hydrogen (secondary N) is 1. The molecule has 2 heteroatoms. The largest absolute Gasteiger partial charge is 0.345 e. The van der Waals surface area contributed by atoms with Gasteiger partial charge in [-0.25, -0.2) is 4.98 Å². The van der Waals surface area contributed by atoms with E-state index < -0.39 is 0 Å². The number of hydrogen-bond donors (Lipinski definition) is 1. The summed E-state index contributed by atoms with van der Waals surface area (Å²) in [4.78, 5) is 6.96. The summed E-state index contributed by atoms with van der Waals surface area (Å²) in [5.41, 5.74) is 2.24. The molecule has 0 aliphatic rings. The van der Waals surface area contributed by atoms with Crippen LogP contribution in [0.2, 0.25) is 0 Å². The number of rotatable bonds is 1. The third-order valence-corrected chi connectivity index (χ3v) is 1.77. The third kappa shape index (κ3) is 1.23. The van der Waals surface area contributed by atoms with E-state index in [2.05, 4.69) is 9.97 Å². The molecule has 2 rings (SSSR count). The van der Waals surface area contributed by atoms with Crippen LogP contribution in [0, 0.1) is 6.92 Å². The third-order valence-electron chi connectivity index (χ3n) is 1.77.